The molecule has 0 aromatic carbocycles. The molecule has 1 fully saturated rings. The Labute approximate surface area is 92.3 Å². The maximum absolute atomic E-state index is 10.8. The van der Waals surface area contributed by atoms with Crippen molar-refractivity contribution < 1.29 is 13.2 Å². The molecule has 1 rings (SSSR count). The normalized spacial score (nSPS) is 22.1. The zero-order valence-electron chi connectivity index (χ0n) is 9.37. The predicted octanol–water partition coefficient (Wildman–Crippen LogP) is 0.580. The maximum atomic E-state index is 10.8. The predicted molar refractivity (Wildman–Crippen MR) is 60.8 cm³/mol. The van der Waals surface area contributed by atoms with Crippen LogP contribution in [-0.4, -0.2) is 46.2 Å². The van der Waals surface area contributed by atoms with Crippen LogP contribution in [0.15, 0.2) is 0 Å². The van der Waals surface area contributed by atoms with Gasteiger partial charge in [0.1, 0.15) is 9.84 Å². The van der Waals surface area contributed by atoms with Gasteiger partial charge in [0.05, 0.1) is 11.9 Å². The van der Waals surface area contributed by atoms with Gasteiger partial charge in [-0.05, 0) is 38.8 Å². The fourth-order valence-electron chi connectivity index (χ4n) is 1.72. The van der Waals surface area contributed by atoms with Crippen LogP contribution >= 0.6 is 0 Å². The topological polar surface area (TPSA) is 55.4 Å². The number of sulfone groups is 1. The Kier molecular flexibility index (Phi) is 5.56. The van der Waals surface area contributed by atoms with Crippen molar-refractivity contribution in [2.24, 2.45) is 0 Å². The molecule has 90 valence electrons. The van der Waals surface area contributed by atoms with Crippen molar-refractivity contribution >= 4 is 9.84 Å². The van der Waals surface area contributed by atoms with Crippen LogP contribution in [0, 0.1) is 0 Å². The van der Waals surface area contributed by atoms with Crippen LogP contribution in [0.4, 0.5) is 0 Å². The summed E-state index contributed by atoms with van der Waals surface area (Å²) in [5, 5.41) is 3.24. The molecule has 4 nitrogen and oxygen atoms in total. The second-order valence-electron chi connectivity index (χ2n) is 4.16. The summed E-state index contributed by atoms with van der Waals surface area (Å²) in [4.78, 5) is 0. The minimum Gasteiger partial charge on any atom is -0.378 e. The van der Waals surface area contributed by atoms with Gasteiger partial charge in [0, 0.05) is 12.9 Å². The zero-order chi connectivity index (χ0) is 11.1. The third-order valence-corrected chi connectivity index (χ3v) is 3.57. The fraction of sp³-hybridized carbons (Fsp3) is 1.00. The summed E-state index contributed by atoms with van der Waals surface area (Å²) >= 11 is 0. The standard InChI is InChI=1S/C10H21NO3S/c1-15(12,13)9-3-6-11-7-5-10-4-2-8-14-10/h10-11H,2-9H2,1H3. The van der Waals surface area contributed by atoms with E-state index < -0.39 is 9.84 Å². The molecule has 1 saturated heterocycles. The van der Waals surface area contributed by atoms with Crippen molar-refractivity contribution in [1.82, 2.24) is 5.32 Å². The highest BCUT2D eigenvalue weighted by atomic mass is 32.2. The van der Waals surface area contributed by atoms with Gasteiger partial charge in [-0.3, -0.25) is 0 Å². The lowest BCUT2D eigenvalue weighted by molar-refractivity contribution is 0.104. The van der Waals surface area contributed by atoms with Gasteiger partial charge in [0.15, 0.2) is 0 Å². The highest BCUT2D eigenvalue weighted by Crippen LogP contribution is 2.14. The van der Waals surface area contributed by atoms with Crippen LogP contribution in [0.5, 0.6) is 0 Å². The van der Waals surface area contributed by atoms with Crippen LogP contribution in [-0.2, 0) is 14.6 Å². The molecule has 0 aromatic heterocycles. The highest BCUT2D eigenvalue weighted by molar-refractivity contribution is 7.90. The fourth-order valence-corrected chi connectivity index (χ4v) is 2.39. The van der Waals surface area contributed by atoms with Crippen LogP contribution < -0.4 is 5.32 Å². The average molecular weight is 235 g/mol. The van der Waals surface area contributed by atoms with Gasteiger partial charge in [-0.25, -0.2) is 8.42 Å². The van der Waals surface area contributed by atoms with E-state index in [1.165, 1.54) is 19.1 Å². The molecule has 0 aromatic rings. The Balaban J connectivity index is 1.89. The first kappa shape index (κ1) is 12.9. The van der Waals surface area contributed by atoms with Gasteiger partial charge < -0.3 is 10.1 Å². The van der Waals surface area contributed by atoms with E-state index in [2.05, 4.69) is 5.32 Å². The molecule has 0 amide bonds. The lowest BCUT2D eigenvalue weighted by Crippen LogP contribution is -2.22. The monoisotopic (exact) mass is 235 g/mol. The van der Waals surface area contributed by atoms with Crippen LogP contribution in [0.25, 0.3) is 0 Å². The van der Waals surface area contributed by atoms with E-state index >= 15 is 0 Å². The maximum Gasteiger partial charge on any atom is 0.147 e. The summed E-state index contributed by atoms with van der Waals surface area (Å²) in [7, 11) is -2.79. The second kappa shape index (κ2) is 6.45. The summed E-state index contributed by atoms with van der Waals surface area (Å²) in [5.74, 6) is 0.278. The van der Waals surface area contributed by atoms with Gasteiger partial charge in [-0.1, -0.05) is 0 Å². The second-order valence-corrected chi connectivity index (χ2v) is 6.42. The average Bonchev–Trinajstić information content (AvgIpc) is 2.61. The number of ether oxygens (including phenoxy) is 1. The van der Waals surface area contributed by atoms with E-state index in [0.717, 1.165) is 26.1 Å². The molecule has 0 radical (unpaired) electrons. The summed E-state index contributed by atoms with van der Waals surface area (Å²) < 4.78 is 27.1. The van der Waals surface area contributed by atoms with Gasteiger partial charge in [0.2, 0.25) is 0 Å². The van der Waals surface area contributed by atoms with Crippen molar-refractivity contribution in [3.05, 3.63) is 0 Å². The molecule has 5 heteroatoms. The van der Waals surface area contributed by atoms with Crippen molar-refractivity contribution in [3.63, 3.8) is 0 Å². The molecule has 1 atom stereocenters. The molecule has 1 aliphatic rings. The Morgan fingerprint density at radius 3 is 2.80 bits per heavy atom. The van der Waals surface area contributed by atoms with Crippen LogP contribution in [0.1, 0.15) is 25.7 Å². The first-order chi connectivity index (χ1) is 7.08. The third-order valence-electron chi connectivity index (χ3n) is 2.54. The molecule has 1 unspecified atom stereocenters. The SMILES string of the molecule is CS(=O)(=O)CCCNCCC1CCCO1. The molecule has 15 heavy (non-hydrogen) atoms. The summed E-state index contributed by atoms with van der Waals surface area (Å²) in [6, 6.07) is 0. The highest BCUT2D eigenvalue weighted by Gasteiger charge is 2.14. The van der Waals surface area contributed by atoms with Gasteiger partial charge >= 0.3 is 0 Å². The van der Waals surface area contributed by atoms with Crippen molar-refractivity contribution in [2.75, 3.05) is 31.7 Å². The summed E-state index contributed by atoms with van der Waals surface area (Å²) in [6.45, 7) is 2.60. The zero-order valence-corrected chi connectivity index (χ0v) is 10.2. The van der Waals surface area contributed by atoms with E-state index in [1.807, 2.05) is 0 Å². The van der Waals surface area contributed by atoms with Crippen molar-refractivity contribution in [1.29, 1.82) is 0 Å². The van der Waals surface area contributed by atoms with E-state index in [0.29, 0.717) is 12.5 Å². The molecule has 0 saturated carbocycles. The number of hydrogen-bond acceptors (Lipinski definition) is 4. The first-order valence-electron chi connectivity index (χ1n) is 5.58. The number of hydrogen-bond donors (Lipinski definition) is 1. The van der Waals surface area contributed by atoms with E-state index in [4.69, 9.17) is 4.74 Å². The van der Waals surface area contributed by atoms with Crippen molar-refractivity contribution in [3.8, 4) is 0 Å². The summed E-state index contributed by atoms with van der Waals surface area (Å²) in [5.41, 5.74) is 0. The molecule has 1 heterocycles. The molecule has 1 N–H and O–H groups in total. The Morgan fingerprint density at radius 1 is 1.40 bits per heavy atom. The molecule has 0 bridgehead atoms. The minimum absolute atomic E-state index is 0.278. The van der Waals surface area contributed by atoms with E-state index in [1.54, 1.807) is 0 Å². The lowest BCUT2D eigenvalue weighted by Gasteiger charge is -2.09. The van der Waals surface area contributed by atoms with Crippen LogP contribution in [0.2, 0.25) is 0 Å². The number of rotatable bonds is 7. The Morgan fingerprint density at radius 2 is 2.20 bits per heavy atom. The molecule has 0 aliphatic carbocycles. The lowest BCUT2D eigenvalue weighted by atomic mass is 10.2. The molecular formula is C10H21NO3S. The van der Waals surface area contributed by atoms with Gasteiger partial charge in [0.25, 0.3) is 0 Å². The van der Waals surface area contributed by atoms with Gasteiger partial charge in [-0.2, -0.15) is 0 Å². The van der Waals surface area contributed by atoms with Crippen LogP contribution in [0.3, 0.4) is 0 Å². The number of nitrogens with one attached hydrogen (secondary N) is 1. The van der Waals surface area contributed by atoms with Crippen molar-refractivity contribution in [2.45, 2.75) is 31.8 Å². The molecule has 1 aliphatic heterocycles. The largest absolute Gasteiger partial charge is 0.378 e. The van der Waals surface area contributed by atoms with E-state index in [-0.39, 0.29) is 5.75 Å². The quantitative estimate of drug-likeness (QED) is 0.656. The molecule has 0 spiro atoms. The third kappa shape index (κ3) is 6.87. The Hall–Kier alpha value is -0.130. The minimum atomic E-state index is -2.79. The van der Waals surface area contributed by atoms with E-state index in [9.17, 15) is 8.42 Å². The van der Waals surface area contributed by atoms with Gasteiger partial charge in [-0.15, -0.1) is 0 Å². The molecular weight excluding hydrogens is 214 g/mol. The Bertz CT molecular complexity index is 258. The summed E-state index contributed by atoms with van der Waals surface area (Å²) in [6.07, 6.45) is 5.79. The first-order valence-corrected chi connectivity index (χ1v) is 7.64. The smallest absolute Gasteiger partial charge is 0.147 e.